The smallest absolute Gasteiger partial charge is 0.311 e. The van der Waals surface area contributed by atoms with Crippen LogP contribution in [0.4, 0.5) is 0 Å². The minimum atomic E-state index is -0.503. The van der Waals surface area contributed by atoms with Crippen molar-refractivity contribution in [2.75, 3.05) is 19.9 Å². The van der Waals surface area contributed by atoms with Gasteiger partial charge in [-0.25, -0.2) is 0 Å². The predicted octanol–water partition coefficient (Wildman–Crippen LogP) is 2.81. The zero-order valence-corrected chi connectivity index (χ0v) is 16.9. The van der Waals surface area contributed by atoms with Crippen LogP contribution in [-0.4, -0.2) is 48.5 Å². The summed E-state index contributed by atoms with van der Waals surface area (Å²) in [5.74, 6) is 0.821. The monoisotopic (exact) mass is 401 g/mol. The van der Waals surface area contributed by atoms with E-state index in [0.29, 0.717) is 35.4 Å². The van der Waals surface area contributed by atoms with Crippen LogP contribution in [0.2, 0.25) is 0 Å². The minimum absolute atomic E-state index is 0.0139. The standard InChI is InChI=1S/C22H27NO6/c1-13-4-3-5-17(14(13)2)23-10-16(9-21(23)25)22(26)27-11-18(24)15-6-7-19-20(8-15)29-12-28-19/h6-8,13-14,16-17H,3-5,9-12H2,1-2H3/t13-,14-,16-,17-/m1/s1. The molecule has 2 aliphatic heterocycles. The highest BCUT2D eigenvalue weighted by atomic mass is 16.7. The number of likely N-dealkylation sites (tertiary alicyclic amines) is 1. The molecule has 0 radical (unpaired) electrons. The Hall–Kier alpha value is -2.57. The van der Waals surface area contributed by atoms with Gasteiger partial charge in [0.05, 0.1) is 5.92 Å². The predicted molar refractivity (Wildman–Crippen MR) is 104 cm³/mol. The van der Waals surface area contributed by atoms with Gasteiger partial charge in [0.2, 0.25) is 12.7 Å². The summed E-state index contributed by atoms with van der Waals surface area (Å²) < 4.78 is 15.7. The normalized spacial score (nSPS) is 28.5. The van der Waals surface area contributed by atoms with Crippen LogP contribution in [0.3, 0.4) is 0 Å². The lowest BCUT2D eigenvalue weighted by atomic mass is 9.77. The first kappa shape index (κ1) is 19.7. The Balaban J connectivity index is 1.32. The molecule has 1 aromatic rings. The van der Waals surface area contributed by atoms with Gasteiger partial charge in [0.25, 0.3) is 0 Å². The average Bonchev–Trinajstić information content (AvgIpc) is 3.34. The van der Waals surface area contributed by atoms with Gasteiger partial charge in [-0.05, 0) is 36.5 Å². The van der Waals surface area contributed by atoms with E-state index in [1.807, 2.05) is 4.90 Å². The Kier molecular flexibility index (Phi) is 5.48. The fraction of sp³-hybridized carbons (Fsp3) is 0.591. The number of esters is 1. The minimum Gasteiger partial charge on any atom is -0.457 e. The first-order valence-corrected chi connectivity index (χ1v) is 10.3. The Morgan fingerprint density at radius 1 is 1.17 bits per heavy atom. The molecule has 2 heterocycles. The zero-order chi connectivity index (χ0) is 20.5. The van der Waals surface area contributed by atoms with Gasteiger partial charge < -0.3 is 19.1 Å². The maximum Gasteiger partial charge on any atom is 0.311 e. The first-order valence-electron chi connectivity index (χ1n) is 10.3. The maximum absolute atomic E-state index is 12.5. The quantitative estimate of drug-likeness (QED) is 0.557. The van der Waals surface area contributed by atoms with E-state index in [1.54, 1.807) is 18.2 Å². The van der Waals surface area contributed by atoms with Crippen molar-refractivity contribution < 1.29 is 28.6 Å². The van der Waals surface area contributed by atoms with Gasteiger partial charge >= 0.3 is 5.97 Å². The summed E-state index contributed by atoms with van der Waals surface area (Å²) in [6, 6.07) is 5.07. The second-order valence-electron chi connectivity index (χ2n) is 8.38. The number of nitrogens with zero attached hydrogens (tertiary/aromatic N) is 1. The lowest BCUT2D eigenvalue weighted by Gasteiger charge is -2.39. The molecule has 7 nitrogen and oxygen atoms in total. The number of carbonyl (C=O) groups is 3. The summed E-state index contributed by atoms with van der Waals surface area (Å²) in [6.45, 7) is 4.59. The highest BCUT2D eigenvalue weighted by Crippen LogP contribution is 2.36. The van der Waals surface area contributed by atoms with E-state index in [0.717, 1.165) is 12.8 Å². The van der Waals surface area contributed by atoms with Crippen molar-refractivity contribution in [3.05, 3.63) is 23.8 Å². The van der Waals surface area contributed by atoms with Gasteiger partial charge in [-0.3, -0.25) is 14.4 Å². The van der Waals surface area contributed by atoms with Crippen LogP contribution >= 0.6 is 0 Å². The van der Waals surface area contributed by atoms with Crippen molar-refractivity contribution in [3.8, 4) is 11.5 Å². The molecule has 0 aromatic heterocycles. The van der Waals surface area contributed by atoms with Crippen LogP contribution in [0, 0.1) is 17.8 Å². The number of Topliss-reactive ketones (excluding diaryl/α,β-unsaturated/α-hetero) is 1. The number of rotatable bonds is 5. The SMILES string of the molecule is C[C@@H]1[C@H](C)CCC[C@H]1N1C[C@H](C(=O)OCC(=O)c2ccc3c(c2)OCO3)CC1=O. The van der Waals surface area contributed by atoms with Crippen molar-refractivity contribution in [2.45, 2.75) is 45.6 Å². The molecule has 1 aromatic carbocycles. The van der Waals surface area contributed by atoms with Gasteiger partial charge in [-0.2, -0.15) is 0 Å². The summed E-state index contributed by atoms with van der Waals surface area (Å²) in [7, 11) is 0. The van der Waals surface area contributed by atoms with E-state index in [1.165, 1.54) is 6.42 Å². The third-order valence-electron chi connectivity index (χ3n) is 6.60. The fourth-order valence-electron chi connectivity index (χ4n) is 4.61. The molecule has 1 saturated heterocycles. The highest BCUT2D eigenvalue weighted by molar-refractivity contribution is 5.99. The molecule has 0 bridgehead atoms. The van der Waals surface area contributed by atoms with Crippen molar-refractivity contribution in [1.82, 2.24) is 4.90 Å². The van der Waals surface area contributed by atoms with E-state index in [2.05, 4.69) is 13.8 Å². The number of hydrogen-bond donors (Lipinski definition) is 0. The molecule has 4 rings (SSSR count). The van der Waals surface area contributed by atoms with Gasteiger partial charge in [-0.15, -0.1) is 0 Å². The van der Waals surface area contributed by atoms with Crippen molar-refractivity contribution in [3.63, 3.8) is 0 Å². The van der Waals surface area contributed by atoms with Crippen LogP contribution < -0.4 is 9.47 Å². The summed E-state index contributed by atoms with van der Waals surface area (Å²) in [5, 5.41) is 0. The van der Waals surface area contributed by atoms with Crippen LogP contribution in [0.25, 0.3) is 0 Å². The summed E-state index contributed by atoms with van der Waals surface area (Å²) in [5.41, 5.74) is 0.399. The number of ketones is 1. The van der Waals surface area contributed by atoms with E-state index < -0.39 is 11.9 Å². The Bertz CT molecular complexity index is 822. The first-order chi connectivity index (χ1) is 13.9. The molecule has 156 valence electrons. The van der Waals surface area contributed by atoms with Crippen LogP contribution in [0.5, 0.6) is 11.5 Å². The molecule has 3 aliphatic rings. The van der Waals surface area contributed by atoms with E-state index in [9.17, 15) is 14.4 Å². The Morgan fingerprint density at radius 3 is 2.79 bits per heavy atom. The zero-order valence-electron chi connectivity index (χ0n) is 16.9. The number of benzene rings is 1. The third kappa shape index (κ3) is 3.95. The average molecular weight is 401 g/mol. The number of carbonyl (C=O) groups excluding carboxylic acids is 3. The molecule has 1 saturated carbocycles. The van der Waals surface area contributed by atoms with E-state index in [4.69, 9.17) is 14.2 Å². The largest absolute Gasteiger partial charge is 0.457 e. The molecule has 0 N–H and O–H groups in total. The number of hydrogen-bond acceptors (Lipinski definition) is 6. The van der Waals surface area contributed by atoms with Gasteiger partial charge in [-0.1, -0.05) is 26.7 Å². The lowest BCUT2D eigenvalue weighted by molar-refractivity contribution is -0.147. The molecule has 29 heavy (non-hydrogen) atoms. The molecule has 0 spiro atoms. The topological polar surface area (TPSA) is 82.1 Å². The fourth-order valence-corrected chi connectivity index (χ4v) is 4.61. The number of ether oxygens (including phenoxy) is 3. The van der Waals surface area contributed by atoms with E-state index >= 15 is 0 Å². The molecular formula is C22H27NO6. The Morgan fingerprint density at radius 2 is 1.97 bits per heavy atom. The summed E-state index contributed by atoms with van der Waals surface area (Å²) >= 11 is 0. The van der Waals surface area contributed by atoms with Crippen LogP contribution in [-0.2, 0) is 14.3 Å². The van der Waals surface area contributed by atoms with Crippen LogP contribution in [0.1, 0.15) is 49.9 Å². The van der Waals surface area contributed by atoms with Gasteiger partial charge in [0.15, 0.2) is 23.9 Å². The van der Waals surface area contributed by atoms with Gasteiger partial charge in [0, 0.05) is 24.6 Å². The maximum atomic E-state index is 12.5. The molecular weight excluding hydrogens is 374 g/mol. The second kappa shape index (κ2) is 8.05. The summed E-state index contributed by atoms with van der Waals surface area (Å²) in [4.78, 5) is 39.3. The van der Waals surface area contributed by atoms with Gasteiger partial charge in [0.1, 0.15) is 0 Å². The van der Waals surface area contributed by atoms with Crippen LogP contribution in [0.15, 0.2) is 18.2 Å². The Labute approximate surface area is 170 Å². The van der Waals surface area contributed by atoms with Crippen molar-refractivity contribution >= 4 is 17.7 Å². The third-order valence-corrected chi connectivity index (χ3v) is 6.60. The molecule has 1 aliphatic carbocycles. The lowest BCUT2D eigenvalue weighted by Crippen LogP contribution is -2.45. The molecule has 1 amide bonds. The number of fused-ring (bicyclic) bond motifs is 1. The van der Waals surface area contributed by atoms with Crippen molar-refractivity contribution in [1.29, 1.82) is 0 Å². The second-order valence-corrected chi connectivity index (χ2v) is 8.38. The summed E-state index contributed by atoms with van der Waals surface area (Å²) in [6.07, 6.45) is 3.45. The molecule has 4 atom stereocenters. The van der Waals surface area contributed by atoms with Crippen molar-refractivity contribution in [2.24, 2.45) is 17.8 Å². The molecule has 0 unspecified atom stereocenters. The molecule has 2 fully saturated rings. The highest BCUT2D eigenvalue weighted by Gasteiger charge is 2.42. The number of amides is 1. The van der Waals surface area contributed by atoms with E-state index in [-0.39, 0.29) is 37.6 Å². The molecule has 7 heteroatoms.